The first kappa shape index (κ1) is 19.2. The summed E-state index contributed by atoms with van der Waals surface area (Å²) in [6, 6.07) is 20.5. The lowest BCUT2D eigenvalue weighted by molar-refractivity contribution is 0.0951. The van der Waals surface area contributed by atoms with Gasteiger partial charge in [-0.1, -0.05) is 42.5 Å². The van der Waals surface area contributed by atoms with E-state index in [9.17, 15) is 4.79 Å². The monoisotopic (exact) mass is 400 g/mol. The molecule has 0 spiro atoms. The fourth-order valence-corrected chi connectivity index (χ4v) is 2.92. The summed E-state index contributed by atoms with van der Waals surface area (Å²) in [7, 11) is 1.60. The van der Waals surface area contributed by atoms with Gasteiger partial charge < -0.3 is 14.8 Å². The molecule has 7 heteroatoms. The molecule has 0 aliphatic heterocycles. The Morgan fingerprint density at radius 3 is 2.60 bits per heavy atom. The first-order valence-corrected chi connectivity index (χ1v) is 9.37. The summed E-state index contributed by atoms with van der Waals surface area (Å²) >= 11 is 0. The standard InChI is InChI=1S/C23H20N4O3/c1-29-18-8-5-9-19(12-18)30-21-11-10-16(13-24-21)14-25-23(28)20-15-26-27-22(20)17-6-3-2-4-7-17/h2-13,15H,14H2,1H3,(H,25,28)(H,26,27). The Balaban J connectivity index is 1.38. The molecule has 0 atom stereocenters. The predicted octanol–water partition coefficient (Wildman–Crippen LogP) is 4.20. The third-order valence-corrected chi connectivity index (χ3v) is 4.46. The summed E-state index contributed by atoms with van der Waals surface area (Å²) in [6.07, 6.45) is 3.20. The molecular weight excluding hydrogens is 380 g/mol. The van der Waals surface area contributed by atoms with Crippen molar-refractivity contribution in [3.8, 4) is 28.6 Å². The highest BCUT2D eigenvalue weighted by atomic mass is 16.5. The molecule has 0 radical (unpaired) electrons. The molecule has 4 aromatic rings. The van der Waals surface area contributed by atoms with Gasteiger partial charge in [-0.2, -0.15) is 5.10 Å². The van der Waals surface area contributed by atoms with Crippen LogP contribution in [0.25, 0.3) is 11.3 Å². The van der Waals surface area contributed by atoms with Gasteiger partial charge in [-0.05, 0) is 17.7 Å². The number of hydrogen-bond donors (Lipinski definition) is 2. The van der Waals surface area contributed by atoms with Gasteiger partial charge in [0.25, 0.3) is 5.91 Å². The van der Waals surface area contributed by atoms with Crippen LogP contribution in [0.3, 0.4) is 0 Å². The minimum atomic E-state index is -0.209. The van der Waals surface area contributed by atoms with Crippen LogP contribution >= 0.6 is 0 Å². The first-order chi connectivity index (χ1) is 14.7. The number of nitrogens with one attached hydrogen (secondary N) is 2. The quantitative estimate of drug-likeness (QED) is 0.485. The van der Waals surface area contributed by atoms with Crippen LogP contribution < -0.4 is 14.8 Å². The zero-order valence-corrected chi connectivity index (χ0v) is 16.3. The van der Waals surface area contributed by atoms with Crippen molar-refractivity contribution in [1.29, 1.82) is 0 Å². The van der Waals surface area contributed by atoms with Crippen LogP contribution in [0, 0.1) is 0 Å². The van der Waals surface area contributed by atoms with E-state index in [0.717, 1.165) is 11.1 Å². The molecule has 1 amide bonds. The number of methoxy groups -OCH3 is 1. The lowest BCUT2D eigenvalue weighted by atomic mass is 10.1. The largest absolute Gasteiger partial charge is 0.497 e. The number of carbonyl (C=O) groups excluding carboxylic acids is 1. The van der Waals surface area contributed by atoms with E-state index in [1.807, 2.05) is 54.6 Å². The van der Waals surface area contributed by atoms with Gasteiger partial charge in [0.05, 0.1) is 24.6 Å². The maximum atomic E-state index is 12.6. The second kappa shape index (κ2) is 8.91. The fourth-order valence-electron chi connectivity index (χ4n) is 2.92. The third-order valence-electron chi connectivity index (χ3n) is 4.46. The van der Waals surface area contributed by atoms with Crippen LogP contribution in [0.2, 0.25) is 0 Å². The Bertz CT molecular complexity index is 1120. The number of benzene rings is 2. The molecule has 0 saturated carbocycles. The van der Waals surface area contributed by atoms with Gasteiger partial charge in [-0.25, -0.2) is 4.98 Å². The van der Waals surface area contributed by atoms with E-state index in [2.05, 4.69) is 20.5 Å². The molecule has 0 bridgehead atoms. The highest BCUT2D eigenvalue weighted by Gasteiger charge is 2.15. The van der Waals surface area contributed by atoms with Crippen molar-refractivity contribution in [2.75, 3.05) is 7.11 Å². The number of pyridine rings is 1. The molecule has 4 rings (SSSR count). The van der Waals surface area contributed by atoms with E-state index in [1.54, 1.807) is 25.4 Å². The summed E-state index contributed by atoms with van der Waals surface area (Å²) in [5.41, 5.74) is 2.94. The van der Waals surface area contributed by atoms with Gasteiger partial charge in [0.15, 0.2) is 0 Å². The molecule has 0 fully saturated rings. The Kier molecular flexibility index (Phi) is 5.70. The Morgan fingerprint density at radius 1 is 1.00 bits per heavy atom. The van der Waals surface area contributed by atoms with Crippen LogP contribution in [-0.4, -0.2) is 28.2 Å². The van der Waals surface area contributed by atoms with Crippen LogP contribution in [0.1, 0.15) is 15.9 Å². The molecule has 2 aromatic heterocycles. The van der Waals surface area contributed by atoms with Crippen molar-refractivity contribution in [3.63, 3.8) is 0 Å². The maximum Gasteiger partial charge on any atom is 0.255 e. The molecule has 0 unspecified atom stereocenters. The first-order valence-electron chi connectivity index (χ1n) is 9.37. The average molecular weight is 400 g/mol. The number of aromatic amines is 1. The summed E-state index contributed by atoms with van der Waals surface area (Å²) in [5.74, 6) is 1.59. The van der Waals surface area contributed by atoms with Gasteiger partial charge in [0.2, 0.25) is 5.88 Å². The van der Waals surface area contributed by atoms with E-state index < -0.39 is 0 Å². The number of hydrogen-bond acceptors (Lipinski definition) is 5. The Labute approximate surface area is 173 Å². The Morgan fingerprint density at radius 2 is 1.83 bits per heavy atom. The number of carbonyl (C=O) groups is 1. The van der Waals surface area contributed by atoms with Gasteiger partial charge in [0, 0.05) is 30.4 Å². The van der Waals surface area contributed by atoms with Crippen molar-refractivity contribution >= 4 is 5.91 Å². The van der Waals surface area contributed by atoms with Crippen LogP contribution in [0.5, 0.6) is 17.4 Å². The summed E-state index contributed by atoms with van der Waals surface area (Å²) in [4.78, 5) is 16.9. The predicted molar refractivity (Wildman–Crippen MR) is 112 cm³/mol. The van der Waals surface area contributed by atoms with Crippen molar-refractivity contribution in [2.24, 2.45) is 0 Å². The van der Waals surface area contributed by atoms with E-state index in [0.29, 0.717) is 35.2 Å². The molecule has 0 saturated heterocycles. The maximum absolute atomic E-state index is 12.6. The minimum Gasteiger partial charge on any atom is -0.497 e. The minimum absolute atomic E-state index is 0.209. The number of aromatic nitrogens is 3. The molecule has 0 aliphatic carbocycles. The highest BCUT2D eigenvalue weighted by Crippen LogP contribution is 2.24. The van der Waals surface area contributed by atoms with Gasteiger partial charge >= 0.3 is 0 Å². The molecule has 30 heavy (non-hydrogen) atoms. The topological polar surface area (TPSA) is 89.1 Å². The van der Waals surface area contributed by atoms with Crippen LogP contribution in [0.4, 0.5) is 0 Å². The van der Waals surface area contributed by atoms with E-state index in [-0.39, 0.29) is 5.91 Å². The fraction of sp³-hybridized carbons (Fsp3) is 0.0870. The second-order valence-corrected chi connectivity index (χ2v) is 6.49. The molecule has 2 aromatic carbocycles. The number of amides is 1. The van der Waals surface area contributed by atoms with E-state index >= 15 is 0 Å². The third kappa shape index (κ3) is 4.47. The number of nitrogens with zero attached hydrogens (tertiary/aromatic N) is 2. The van der Waals surface area contributed by atoms with Gasteiger partial charge in [-0.15, -0.1) is 0 Å². The molecule has 0 aliphatic rings. The van der Waals surface area contributed by atoms with Crippen molar-refractivity contribution in [3.05, 3.63) is 90.3 Å². The summed E-state index contributed by atoms with van der Waals surface area (Å²) < 4.78 is 10.9. The molecular formula is C23H20N4O3. The van der Waals surface area contributed by atoms with E-state index in [4.69, 9.17) is 9.47 Å². The Hall–Kier alpha value is -4.13. The molecule has 2 heterocycles. The number of rotatable bonds is 7. The van der Waals surface area contributed by atoms with Gasteiger partial charge in [0.1, 0.15) is 11.5 Å². The zero-order chi connectivity index (χ0) is 20.8. The summed E-state index contributed by atoms with van der Waals surface area (Å²) in [6.45, 7) is 0.338. The second-order valence-electron chi connectivity index (χ2n) is 6.49. The number of H-pyrrole nitrogens is 1. The zero-order valence-electron chi connectivity index (χ0n) is 16.3. The molecule has 2 N–H and O–H groups in total. The van der Waals surface area contributed by atoms with E-state index in [1.165, 1.54) is 6.20 Å². The van der Waals surface area contributed by atoms with Crippen LogP contribution in [-0.2, 0) is 6.54 Å². The number of ether oxygens (including phenoxy) is 2. The normalized spacial score (nSPS) is 10.4. The van der Waals surface area contributed by atoms with Gasteiger partial charge in [-0.3, -0.25) is 9.89 Å². The van der Waals surface area contributed by atoms with Crippen molar-refractivity contribution in [2.45, 2.75) is 6.54 Å². The van der Waals surface area contributed by atoms with Crippen LogP contribution in [0.15, 0.2) is 79.1 Å². The highest BCUT2D eigenvalue weighted by molar-refractivity contribution is 5.99. The SMILES string of the molecule is COc1cccc(Oc2ccc(CNC(=O)c3cn[nH]c3-c3ccccc3)cn2)c1. The molecule has 150 valence electrons. The summed E-state index contributed by atoms with van der Waals surface area (Å²) in [5, 5.41) is 9.81. The molecule has 7 nitrogen and oxygen atoms in total. The van der Waals surface area contributed by atoms with Crippen molar-refractivity contribution in [1.82, 2.24) is 20.5 Å². The van der Waals surface area contributed by atoms with Crippen molar-refractivity contribution < 1.29 is 14.3 Å². The lowest BCUT2D eigenvalue weighted by Crippen LogP contribution is -2.23. The smallest absolute Gasteiger partial charge is 0.255 e. The average Bonchev–Trinajstić information content (AvgIpc) is 3.29. The lowest BCUT2D eigenvalue weighted by Gasteiger charge is -2.08.